The predicted molar refractivity (Wildman–Crippen MR) is 284 cm³/mol. The van der Waals surface area contributed by atoms with Crippen LogP contribution in [0.15, 0.2) is 146 Å². The predicted octanol–water partition coefficient (Wildman–Crippen LogP) is 13.7. The van der Waals surface area contributed by atoms with Gasteiger partial charge in [-0.25, -0.2) is 0 Å². The Bertz CT molecular complexity index is 2100. The van der Waals surface area contributed by atoms with Crippen molar-refractivity contribution in [2.45, 2.75) is 117 Å². The summed E-state index contributed by atoms with van der Waals surface area (Å²) in [6.45, 7) is 19.3. The first kappa shape index (κ1) is 90.3. The molecule has 478 valence electrons. The number of hydrogen-bond acceptors (Lipinski definition) is 12. The molecule has 0 aliphatic rings. The summed E-state index contributed by atoms with van der Waals surface area (Å²) in [6, 6.07) is 32.2. The Morgan fingerprint density at radius 1 is 0.280 bits per heavy atom. The molecule has 2 radical (unpaired) electrons. The maximum Gasteiger partial charge on any atom is 0 e. The third-order valence-corrected chi connectivity index (χ3v) is 7.69. The average molecular weight is 1660 g/mol. The van der Waals surface area contributed by atoms with Crippen LogP contribution in [0.5, 0.6) is 0 Å². The summed E-state index contributed by atoms with van der Waals surface area (Å²) in [7, 11) is -21.3. The van der Waals surface area contributed by atoms with E-state index in [1.807, 2.05) is 36.4 Å². The third-order valence-electron chi connectivity index (χ3n) is 7.69. The summed E-state index contributed by atoms with van der Waals surface area (Å²) in [4.78, 5) is 23.6. The van der Waals surface area contributed by atoms with Crippen molar-refractivity contribution >= 4 is 62.0 Å². The molecule has 0 aliphatic carbocycles. The second-order valence-corrected chi connectivity index (χ2v) is 23.9. The Morgan fingerprint density at radius 2 is 0.366 bits per heavy atom. The minimum Gasteiger partial charge on any atom is 0 e. The maximum absolute atomic E-state index is 11.2. The van der Waals surface area contributed by atoms with Crippen molar-refractivity contribution in [1.82, 2.24) is 29.9 Å². The molecule has 0 saturated carbocycles. The molecule has 32 heteroatoms. The molecule has 6 aromatic rings. The maximum atomic E-state index is 11.2. The molecule has 0 bridgehead atoms. The Morgan fingerprint density at radius 3 is 0.402 bits per heavy atom. The van der Waals surface area contributed by atoms with E-state index < -0.39 is 49.2 Å². The number of nitrogens with zero attached hydrogens (tertiary/aromatic N) is 6. The van der Waals surface area contributed by atoms with Gasteiger partial charge in [0, 0.05) is 112 Å². The van der Waals surface area contributed by atoms with Gasteiger partial charge < -0.3 is 30.6 Å². The van der Waals surface area contributed by atoms with Gasteiger partial charge in [-0.05, 0) is 72.8 Å². The Hall–Kier alpha value is -2.86. The Balaban J connectivity index is -0.000000198. The fraction of sp³-hybridized carbons (Fsp3) is 0.400. The van der Waals surface area contributed by atoms with Crippen LogP contribution in [0.1, 0.15) is 117 Å². The van der Waals surface area contributed by atoms with Gasteiger partial charge in [0.2, 0.25) is 0 Å². The second kappa shape index (κ2) is 36.3. The van der Waals surface area contributed by atoms with Crippen LogP contribution in [0.25, 0.3) is 0 Å². The number of aromatic nitrogens is 6. The molecule has 6 rings (SSSR count). The molecule has 82 heavy (non-hydrogen) atoms. The minimum atomic E-state index is -10.7. The first-order valence-electron chi connectivity index (χ1n) is 22.4. The van der Waals surface area contributed by atoms with Crippen LogP contribution < -0.4 is 30.6 Å². The second-order valence-electron chi connectivity index (χ2n) is 18.5. The largest absolute Gasteiger partial charge is 0 e. The van der Waals surface area contributed by atoms with E-state index in [2.05, 4.69) is 29.9 Å². The molecule has 0 unspecified atom stereocenters. The van der Waals surface area contributed by atoms with Crippen LogP contribution >= 0.6 is 62.0 Å². The van der Waals surface area contributed by atoms with Gasteiger partial charge in [0.15, 0.2) is 0 Å². The zero-order valence-corrected chi connectivity index (χ0v) is 55.6. The SMILES string of the molecule is CC(C)([O-])c1ccccn1.CC(C)([O-])c1ccccn1.CC(C)([O-])c1ccccn1.CC(C)([O-])c1ccccn1.CC(C)([O-])c1ccccn1.CC(C)([O-])c1ccccn1.ClCCl.ClCCl.F[P-](F)(F)(F)(F)F.F[P-](F)(F)(F)(F)F.[Ir].[Ir]. The van der Waals surface area contributed by atoms with Gasteiger partial charge in [-0.1, -0.05) is 153 Å². The fourth-order valence-corrected chi connectivity index (χ4v) is 4.31. The summed E-state index contributed by atoms with van der Waals surface area (Å²) >= 11 is 19.1. The first-order valence-corrected chi connectivity index (χ1v) is 28.6. The van der Waals surface area contributed by atoms with Gasteiger partial charge in [0.05, 0.1) is 10.7 Å². The molecule has 0 aromatic carbocycles. The topological polar surface area (TPSA) is 216 Å². The average Bonchev–Trinajstić information content (AvgIpc) is 3.29. The van der Waals surface area contributed by atoms with Crippen LogP contribution in [0.3, 0.4) is 0 Å². The minimum absolute atomic E-state index is 0. The number of alkyl halides is 4. The molecule has 12 nitrogen and oxygen atoms in total. The van der Waals surface area contributed by atoms with Gasteiger partial charge in [-0.2, -0.15) is 0 Å². The summed E-state index contributed by atoms with van der Waals surface area (Å²) in [5, 5.41) is 67.8. The third kappa shape index (κ3) is 67.9. The zero-order valence-electron chi connectivity index (χ0n) is 46.0. The molecule has 0 amide bonds. The van der Waals surface area contributed by atoms with E-state index in [4.69, 9.17) is 46.4 Å². The van der Waals surface area contributed by atoms with E-state index in [0.29, 0.717) is 34.2 Å². The molecule has 6 heterocycles. The normalized spacial score (nSPS) is 12.8. The van der Waals surface area contributed by atoms with E-state index in [1.165, 1.54) is 0 Å². The monoisotopic (exact) mass is 1660 g/mol. The Labute approximate surface area is 517 Å². The fourth-order valence-electron chi connectivity index (χ4n) is 4.31. The molecule has 6 aromatic heterocycles. The van der Waals surface area contributed by atoms with Crippen LogP contribution in [-0.4, -0.2) is 40.6 Å². The van der Waals surface area contributed by atoms with E-state index in [-0.39, 0.29) is 50.9 Å². The van der Waals surface area contributed by atoms with Crippen molar-refractivity contribution in [1.29, 1.82) is 0 Å². The van der Waals surface area contributed by atoms with E-state index >= 15 is 0 Å². The van der Waals surface area contributed by atoms with Gasteiger partial charge in [0.25, 0.3) is 0 Å². The molecule has 0 spiro atoms. The van der Waals surface area contributed by atoms with E-state index in [0.717, 1.165) is 0 Å². The summed E-state index contributed by atoms with van der Waals surface area (Å²) in [5.41, 5.74) is -2.85. The van der Waals surface area contributed by atoms with Crippen molar-refractivity contribution < 1.29 is 121 Å². The summed E-state index contributed by atoms with van der Waals surface area (Å²) in [5.74, 6) is 0. The van der Waals surface area contributed by atoms with Gasteiger partial charge in [0.1, 0.15) is 0 Å². The molecular formula is C50H64Cl4F12Ir2N6O6P2-8. The summed E-state index contributed by atoms with van der Waals surface area (Å²) in [6.07, 6.45) is 9.80. The molecule has 0 saturated heterocycles. The van der Waals surface area contributed by atoms with Gasteiger partial charge >= 0.3 is 66.0 Å². The van der Waals surface area contributed by atoms with E-state index in [1.54, 1.807) is 193 Å². The zero-order chi connectivity index (χ0) is 63.9. The first-order chi connectivity index (χ1) is 35.4. The number of pyridine rings is 6. The number of hydrogen-bond donors (Lipinski definition) is 0. The van der Waals surface area contributed by atoms with Crippen molar-refractivity contribution in [2.75, 3.05) is 10.7 Å². The van der Waals surface area contributed by atoms with E-state index in [9.17, 15) is 81.0 Å². The summed E-state index contributed by atoms with van der Waals surface area (Å²) < 4.78 is 118. The Kier molecular flexibility index (Phi) is 40.0. The van der Waals surface area contributed by atoms with Crippen molar-refractivity contribution in [3.8, 4) is 0 Å². The van der Waals surface area contributed by atoms with Gasteiger partial charge in [-0.15, -0.1) is 46.4 Å². The standard InChI is InChI=1S/6C8H10NO.2CH2Cl2.2F6P.2Ir/c6*1-8(2,10)7-5-3-4-6-9-7;2*2-1-3;2*1-7(2,3,4,5)6;;/h6*3-6H,1-2H3;2*1H2;;;;/q6*-1;;;2*-1;;. The van der Waals surface area contributed by atoms with Crippen LogP contribution in [-0.2, 0) is 73.8 Å². The van der Waals surface area contributed by atoms with Crippen molar-refractivity contribution in [3.63, 3.8) is 0 Å². The molecule has 0 atom stereocenters. The molecular weight excluding hydrogens is 1600 g/mol. The van der Waals surface area contributed by atoms with Gasteiger partial charge in [-0.3, -0.25) is 29.9 Å². The smallest absolute Gasteiger partial charge is 0 e. The quantitative estimate of drug-likeness (QED) is 0.0865. The van der Waals surface area contributed by atoms with Crippen LogP contribution in [0.4, 0.5) is 50.4 Å². The molecule has 0 aliphatic heterocycles. The van der Waals surface area contributed by atoms with Crippen molar-refractivity contribution in [3.05, 3.63) is 181 Å². The number of rotatable bonds is 6. The van der Waals surface area contributed by atoms with Crippen LogP contribution in [0.2, 0.25) is 0 Å². The molecule has 0 fully saturated rings. The van der Waals surface area contributed by atoms with Crippen molar-refractivity contribution in [2.24, 2.45) is 0 Å². The molecule has 0 N–H and O–H groups in total. The van der Waals surface area contributed by atoms with Crippen LogP contribution in [0, 0.1) is 0 Å². The number of halogens is 16.